The molecule has 74 valence electrons. The first-order valence-corrected chi connectivity index (χ1v) is 4.23. The van der Waals surface area contributed by atoms with Crippen molar-refractivity contribution in [2.45, 2.75) is 19.8 Å². The predicted molar refractivity (Wildman–Crippen MR) is 50.3 cm³/mol. The quantitative estimate of drug-likeness (QED) is 0.738. The average molecular weight is 193 g/mol. The van der Waals surface area contributed by atoms with Crippen LogP contribution in [0.15, 0.2) is 18.2 Å². The molecule has 1 N–H and O–H groups in total. The Morgan fingerprint density at radius 2 is 2.07 bits per heavy atom. The molecule has 0 spiro atoms. The van der Waals surface area contributed by atoms with Gasteiger partial charge in [0.2, 0.25) is 0 Å². The summed E-state index contributed by atoms with van der Waals surface area (Å²) in [6, 6.07) is 4.81. The zero-order valence-corrected chi connectivity index (χ0v) is 8.02. The average Bonchev–Trinajstić information content (AvgIpc) is 2.16. The first-order chi connectivity index (χ1) is 6.52. The van der Waals surface area contributed by atoms with Crippen molar-refractivity contribution in [1.29, 1.82) is 0 Å². The maximum Gasteiger partial charge on any atom is 0.312 e. The molecule has 0 fully saturated rings. The van der Waals surface area contributed by atoms with E-state index in [0.717, 1.165) is 0 Å². The van der Waals surface area contributed by atoms with Crippen LogP contribution in [0, 0.1) is 0 Å². The second-order valence-corrected chi connectivity index (χ2v) is 3.06. The first kappa shape index (κ1) is 10.4. The van der Waals surface area contributed by atoms with Crippen molar-refractivity contribution in [3.63, 3.8) is 0 Å². The summed E-state index contributed by atoms with van der Waals surface area (Å²) in [5.74, 6) is -1.79. The standard InChI is InChI=1S/C10H11NO3/c1-6(10(13)14)8-4-3-5-9(11-8)7(2)12/h3-6H,1-2H3,(H,13,14). The van der Waals surface area contributed by atoms with Gasteiger partial charge in [-0.15, -0.1) is 0 Å². The molecule has 1 heterocycles. The summed E-state index contributed by atoms with van der Waals surface area (Å²) < 4.78 is 0. The number of ketones is 1. The van der Waals surface area contributed by atoms with Crippen LogP contribution in [0.2, 0.25) is 0 Å². The zero-order chi connectivity index (χ0) is 10.7. The summed E-state index contributed by atoms with van der Waals surface area (Å²) in [6.45, 7) is 2.94. The predicted octanol–water partition coefficient (Wildman–Crippen LogP) is 1.47. The third kappa shape index (κ3) is 2.16. The number of aromatic nitrogens is 1. The lowest BCUT2D eigenvalue weighted by molar-refractivity contribution is -0.138. The first-order valence-electron chi connectivity index (χ1n) is 4.23. The van der Waals surface area contributed by atoms with Gasteiger partial charge in [0.25, 0.3) is 0 Å². The fourth-order valence-corrected chi connectivity index (χ4v) is 1.02. The van der Waals surface area contributed by atoms with Crippen LogP contribution in [0.1, 0.15) is 35.9 Å². The summed E-state index contributed by atoms with van der Waals surface area (Å²) in [5, 5.41) is 8.74. The number of pyridine rings is 1. The molecule has 0 bridgehead atoms. The van der Waals surface area contributed by atoms with Gasteiger partial charge in [-0.1, -0.05) is 6.07 Å². The highest BCUT2D eigenvalue weighted by Gasteiger charge is 2.15. The minimum atomic E-state index is -0.946. The molecule has 0 aliphatic rings. The van der Waals surface area contributed by atoms with Crippen LogP contribution < -0.4 is 0 Å². The molecule has 1 atom stereocenters. The van der Waals surface area contributed by atoms with E-state index in [-0.39, 0.29) is 5.78 Å². The van der Waals surface area contributed by atoms with Crippen LogP contribution in [-0.4, -0.2) is 21.8 Å². The number of nitrogens with zero attached hydrogens (tertiary/aromatic N) is 1. The van der Waals surface area contributed by atoms with Gasteiger partial charge in [0.1, 0.15) is 5.69 Å². The lowest BCUT2D eigenvalue weighted by Crippen LogP contribution is -2.10. The maximum atomic E-state index is 11.0. The number of hydrogen-bond acceptors (Lipinski definition) is 3. The van der Waals surface area contributed by atoms with Crippen molar-refractivity contribution in [1.82, 2.24) is 4.98 Å². The van der Waals surface area contributed by atoms with Gasteiger partial charge in [-0.3, -0.25) is 9.59 Å². The van der Waals surface area contributed by atoms with Crippen LogP contribution in [-0.2, 0) is 4.79 Å². The van der Waals surface area contributed by atoms with E-state index in [2.05, 4.69) is 4.98 Å². The van der Waals surface area contributed by atoms with E-state index >= 15 is 0 Å². The summed E-state index contributed by atoms with van der Waals surface area (Å²) in [7, 11) is 0. The van der Waals surface area contributed by atoms with Crippen molar-refractivity contribution in [3.05, 3.63) is 29.6 Å². The van der Waals surface area contributed by atoms with Gasteiger partial charge in [-0.2, -0.15) is 0 Å². The topological polar surface area (TPSA) is 67.3 Å². The van der Waals surface area contributed by atoms with Crippen LogP contribution in [0.25, 0.3) is 0 Å². The second kappa shape index (κ2) is 4.00. The molecule has 4 heteroatoms. The van der Waals surface area contributed by atoms with E-state index in [4.69, 9.17) is 5.11 Å². The van der Waals surface area contributed by atoms with E-state index < -0.39 is 11.9 Å². The largest absolute Gasteiger partial charge is 0.481 e. The van der Waals surface area contributed by atoms with Crippen LogP contribution >= 0.6 is 0 Å². The molecule has 0 aromatic carbocycles. The molecule has 1 rings (SSSR count). The van der Waals surface area contributed by atoms with E-state index in [1.807, 2.05) is 0 Å². The Balaban J connectivity index is 3.05. The van der Waals surface area contributed by atoms with Crippen molar-refractivity contribution in [2.75, 3.05) is 0 Å². The van der Waals surface area contributed by atoms with E-state index in [0.29, 0.717) is 11.4 Å². The minimum Gasteiger partial charge on any atom is -0.481 e. The third-order valence-corrected chi connectivity index (χ3v) is 1.95. The lowest BCUT2D eigenvalue weighted by atomic mass is 10.1. The summed E-state index contributed by atoms with van der Waals surface area (Å²) >= 11 is 0. The number of rotatable bonds is 3. The molecule has 0 amide bonds. The summed E-state index contributed by atoms with van der Waals surface area (Å²) in [4.78, 5) is 25.6. The molecular formula is C10H11NO3. The van der Waals surface area contributed by atoms with Gasteiger partial charge < -0.3 is 5.11 Å². The molecule has 4 nitrogen and oxygen atoms in total. The Bertz CT molecular complexity index is 373. The number of hydrogen-bond donors (Lipinski definition) is 1. The molecule has 1 aromatic heterocycles. The second-order valence-electron chi connectivity index (χ2n) is 3.06. The molecule has 0 saturated heterocycles. The molecule has 1 aromatic rings. The van der Waals surface area contributed by atoms with Gasteiger partial charge in [0.05, 0.1) is 11.6 Å². The third-order valence-electron chi connectivity index (χ3n) is 1.95. The smallest absolute Gasteiger partial charge is 0.312 e. The fourth-order valence-electron chi connectivity index (χ4n) is 1.02. The van der Waals surface area contributed by atoms with Crippen LogP contribution in [0.4, 0.5) is 0 Å². The normalized spacial score (nSPS) is 12.1. The minimum absolute atomic E-state index is 0.163. The van der Waals surface area contributed by atoms with Crippen LogP contribution in [0.5, 0.6) is 0 Å². The zero-order valence-electron chi connectivity index (χ0n) is 8.02. The molecule has 1 unspecified atom stereocenters. The molecule has 0 aliphatic heterocycles. The highest BCUT2D eigenvalue weighted by molar-refractivity contribution is 5.92. The SMILES string of the molecule is CC(=O)c1cccc(C(C)C(=O)O)n1. The van der Waals surface area contributed by atoms with Gasteiger partial charge in [0.15, 0.2) is 5.78 Å². The van der Waals surface area contributed by atoms with Crippen molar-refractivity contribution in [3.8, 4) is 0 Å². The molecule has 0 aliphatic carbocycles. The number of carbonyl (C=O) groups excluding carboxylic acids is 1. The summed E-state index contributed by atoms with van der Waals surface area (Å²) in [5.41, 5.74) is 0.709. The van der Waals surface area contributed by atoms with Crippen molar-refractivity contribution < 1.29 is 14.7 Å². The van der Waals surface area contributed by atoms with Gasteiger partial charge in [0, 0.05) is 6.92 Å². The lowest BCUT2D eigenvalue weighted by Gasteiger charge is -2.05. The van der Waals surface area contributed by atoms with Crippen molar-refractivity contribution >= 4 is 11.8 Å². The molecule has 0 saturated carbocycles. The number of carboxylic acids is 1. The van der Waals surface area contributed by atoms with Gasteiger partial charge in [-0.05, 0) is 19.1 Å². The number of Topliss-reactive ketones (excluding diaryl/α,β-unsaturated/α-hetero) is 1. The Hall–Kier alpha value is -1.71. The Kier molecular flexibility index (Phi) is 2.96. The Morgan fingerprint density at radius 1 is 1.43 bits per heavy atom. The van der Waals surface area contributed by atoms with Crippen LogP contribution in [0.3, 0.4) is 0 Å². The highest BCUT2D eigenvalue weighted by Crippen LogP contribution is 2.13. The van der Waals surface area contributed by atoms with E-state index in [1.54, 1.807) is 18.2 Å². The van der Waals surface area contributed by atoms with E-state index in [1.165, 1.54) is 13.8 Å². The Morgan fingerprint density at radius 3 is 2.57 bits per heavy atom. The monoisotopic (exact) mass is 193 g/mol. The van der Waals surface area contributed by atoms with E-state index in [9.17, 15) is 9.59 Å². The number of carbonyl (C=O) groups is 2. The van der Waals surface area contributed by atoms with Gasteiger partial charge in [-0.25, -0.2) is 4.98 Å². The number of carboxylic acid groups (broad SMARTS) is 1. The number of aliphatic carboxylic acids is 1. The van der Waals surface area contributed by atoms with Gasteiger partial charge >= 0.3 is 5.97 Å². The molecular weight excluding hydrogens is 182 g/mol. The highest BCUT2D eigenvalue weighted by atomic mass is 16.4. The summed E-state index contributed by atoms with van der Waals surface area (Å²) in [6.07, 6.45) is 0. The van der Waals surface area contributed by atoms with Crippen molar-refractivity contribution in [2.24, 2.45) is 0 Å². The Labute approximate surface area is 81.6 Å². The maximum absolute atomic E-state index is 11.0. The fraction of sp³-hybridized carbons (Fsp3) is 0.300. The molecule has 14 heavy (non-hydrogen) atoms. The molecule has 0 radical (unpaired) electrons.